The van der Waals surface area contributed by atoms with Crippen molar-refractivity contribution in [2.75, 3.05) is 86.1 Å². The summed E-state index contributed by atoms with van der Waals surface area (Å²) in [7, 11) is -4.28. The van der Waals surface area contributed by atoms with Crippen LogP contribution in [0.4, 0.5) is 22.9 Å². The number of nitrogens with one attached hydrogen (secondary N) is 2. The number of anilines is 3. The van der Waals surface area contributed by atoms with Crippen molar-refractivity contribution in [3.8, 4) is 0 Å². The number of hydrogen-bond donors (Lipinski definition) is 2. The number of thioether (sulfide) groups is 1. The van der Waals surface area contributed by atoms with E-state index < -0.39 is 14.9 Å². The van der Waals surface area contributed by atoms with Gasteiger partial charge in [-0.2, -0.15) is 0 Å². The van der Waals surface area contributed by atoms with Gasteiger partial charge in [0.25, 0.3) is 15.7 Å². The average Bonchev–Trinajstić information content (AvgIpc) is 3.30. The van der Waals surface area contributed by atoms with Gasteiger partial charge >= 0.3 is 0 Å². The molecule has 0 spiro atoms. The van der Waals surface area contributed by atoms with E-state index in [4.69, 9.17) is 11.6 Å². The molecule has 16 heteroatoms. The van der Waals surface area contributed by atoms with Crippen molar-refractivity contribution in [1.82, 2.24) is 24.7 Å². The second-order valence-electron chi connectivity index (χ2n) is 18.9. The van der Waals surface area contributed by atoms with Crippen LogP contribution in [-0.4, -0.2) is 121 Å². The molecule has 2 aliphatic heterocycles. The van der Waals surface area contributed by atoms with Gasteiger partial charge < -0.3 is 15.1 Å². The average molecular weight is 953 g/mol. The molecule has 0 amide bonds. The van der Waals surface area contributed by atoms with Gasteiger partial charge in [-0.1, -0.05) is 61.4 Å². The van der Waals surface area contributed by atoms with Crippen molar-refractivity contribution < 1.29 is 13.3 Å². The molecule has 1 aliphatic carbocycles. The molecule has 0 unspecified atom stereocenters. The minimum Gasteiger partial charge on any atom is -0.376 e. The molecule has 5 aromatic rings. The Balaban J connectivity index is 0.930. The molecule has 3 aliphatic rings. The van der Waals surface area contributed by atoms with Gasteiger partial charge in [-0.25, -0.2) is 18.4 Å². The Morgan fingerprint density at radius 1 is 0.879 bits per heavy atom. The minimum absolute atomic E-state index is 0.105. The molecule has 0 bridgehead atoms. The zero-order chi connectivity index (χ0) is 46.4. The smallest absolute Gasteiger partial charge is 0.293 e. The zero-order valence-corrected chi connectivity index (χ0v) is 40.8. The number of aromatic nitrogens is 2. The van der Waals surface area contributed by atoms with Crippen molar-refractivity contribution in [1.29, 1.82) is 0 Å². The number of hydrogen-bond acceptors (Lipinski definition) is 12. The Morgan fingerprint density at radius 2 is 1.61 bits per heavy atom. The number of halogens is 1. The number of sulfonamides is 1. The van der Waals surface area contributed by atoms with Crippen LogP contribution in [0.25, 0.3) is 16.5 Å². The second-order valence-corrected chi connectivity index (χ2v) is 22.1. The van der Waals surface area contributed by atoms with E-state index >= 15 is 0 Å². The Morgan fingerprint density at radius 3 is 2.32 bits per heavy atom. The van der Waals surface area contributed by atoms with Crippen LogP contribution in [0.2, 0.25) is 5.02 Å². The number of nitro benzene ring substituents is 1. The van der Waals surface area contributed by atoms with Crippen LogP contribution in [0.15, 0.2) is 113 Å². The molecule has 8 rings (SSSR count). The number of nitrogens with zero attached hydrogens (tertiary/aromatic N) is 7. The van der Waals surface area contributed by atoms with Crippen LogP contribution in [-0.2, 0) is 10.0 Å². The lowest BCUT2D eigenvalue weighted by molar-refractivity contribution is -0.384. The Kier molecular flexibility index (Phi) is 15.2. The van der Waals surface area contributed by atoms with E-state index in [1.54, 1.807) is 11.8 Å². The molecule has 2 N–H and O–H groups in total. The van der Waals surface area contributed by atoms with Crippen LogP contribution in [0.3, 0.4) is 0 Å². The summed E-state index contributed by atoms with van der Waals surface area (Å²) in [6.45, 7) is 18.5. The van der Waals surface area contributed by atoms with Gasteiger partial charge in [0.05, 0.1) is 15.3 Å². The molecule has 1 aromatic heterocycles. The van der Waals surface area contributed by atoms with Crippen LogP contribution < -0.4 is 14.9 Å². The fraction of sp³-hybridized carbons (Fsp3) is 0.440. The first kappa shape index (κ1) is 47.7. The van der Waals surface area contributed by atoms with E-state index in [0.29, 0.717) is 22.7 Å². The summed E-state index contributed by atoms with van der Waals surface area (Å²) < 4.78 is 30.5. The van der Waals surface area contributed by atoms with Crippen molar-refractivity contribution in [3.63, 3.8) is 0 Å². The summed E-state index contributed by atoms with van der Waals surface area (Å²) in [5.41, 5.74) is 6.07. The number of benzene rings is 4. The van der Waals surface area contributed by atoms with E-state index in [0.717, 1.165) is 113 Å². The lowest BCUT2D eigenvalue weighted by Gasteiger charge is -2.39. The normalized spacial score (nSPS) is 18.2. The fourth-order valence-electron chi connectivity index (χ4n) is 9.43. The van der Waals surface area contributed by atoms with Crippen molar-refractivity contribution in [2.24, 2.45) is 5.41 Å². The zero-order valence-electron chi connectivity index (χ0n) is 38.5. The van der Waals surface area contributed by atoms with Gasteiger partial charge in [0.2, 0.25) is 0 Å². The maximum Gasteiger partial charge on any atom is 0.293 e. The SMILES string of the molecule is CC(C)N1CCN(CC[C@H](CSc2ccccc2)Nc2ccc(S(=O)(=O)Nc3ncnc4cc(N5CCN(CC6=C(c7ccc(Cl)cc7)CCC(C)(C)C6)CC5)ccc34)cc2[N+](=O)[O-])CC1. The van der Waals surface area contributed by atoms with Gasteiger partial charge in [-0.3, -0.25) is 24.6 Å². The predicted molar refractivity (Wildman–Crippen MR) is 270 cm³/mol. The molecule has 0 radical (unpaired) electrons. The minimum atomic E-state index is -4.28. The number of allylic oxidation sites excluding steroid dienone is 1. The third-order valence-electron chi connectivity index (χ3n) is 13.3. The van der Waals surface area contributed by atoms with E-state index in [2.05, 4.69) is 91.6 Å². The first-order chi connectivity index (χ1) is 31.7. The summed E-state index contributed by atoms with van der Waals surface area (Å²) in [6.07, 6.45) is 5.42. The highest BCUT2D eigenvalue weighted by Crippen LogP contribution is 2.43. The fourth-order valence-corrected chi connectivity index (χ4v) is 11.6. The van der Waals surface area contributed by atoms with Gasteiger partial charge in [-0.05, 0) is 111 Å². The lowest BCUT2D eigenvalue weighted by Crippen LogP contribution is -2.49. The lowest BCUT2D eigenvalue weighted by atomic mass is 9.73. The Labute approximate surface area is 399 Å². The molecule has 1 atom stereocenters. The van der Waals surface area contributed by atoms with Gasteiger partial charge in [0.15, 0.2) is 5.82 Å². The summed E-state index contributed by atoms with van der Waals surface area (Å²) in [4.78, 5) is 31.6. The molecule has 2 fully saturated rings. The first-order valence-electron chi connectivity index (χ1n) is 23.1. The largest absolute Gasteiger partial charge is 0.376 e. The van der Waals surface area contributed by atoms with E-state index in [1.165, 1.54) is 35.2 Å². The molecule has 3 heterocycles. The Hall–Kier alpha value is -4.77. The monoisotopic (exact) mass is 951 g/mol. The van der Waals surface area contributed by atoms with E-state index in [1.807, 2.05) is 48.5 Å². The topological polar surface area (TPSA) is 140 Å². The van der Waals surface area contributed by atoms with Crippen molar-refractivity contribution in [2.45, 2.75) is 75.3 Å². The molecule has 66 heavy (non-hydrogen) atoms. The molecular formula is C50H62ClN9O4S2. The van der Waals surface area contributed by atoms with Gasteiger partial charge in [0.1, 0.15) is 12.0 Å². The van der Waals surface area contributed by atoms with Crippen LogP contribution in [0.1, 0.15) is 58.9 Å². The molecule has 4 aromatic carbocycles. The summed E-state index contributed by atoms with van der Waals surface area (Å²) in [5, 5.41) is 17.3. The van der Waals surface area contributed by atoms with Crippen molar-refractivity contribution >= 4 is 72.7 Å². The van der Waals surface area contributed by atoms with Gasteiger partial charge in [-0.15, -0.1) is 11.8 Å². The summed E-state index contributed by atoms with van der Waals surface area (Å²) in [6, 6.07) is 28.6. The maximum absolute atomic E-state index is 13.9. The number of rotatable bonds is 17. The quantitative estimate of drug-likeness (QED) is 0.0521. The highest BCUT2D eigenvalue weighted by molar-refractivity contribution is 7.99. The standard InChI is InChI=1S/C50H62ClN9O4S2/c1-36(2)58-26-22-56(23-27-58)21-19-40(34-65-42-8-6-5-7-9-42)54-46-17-15-43(31-48(46)60(61)62)66(63,64)55-49-45-16-14-41(30-47(45)52-35-53-49)59-28-24-57(25-29-59)33-38-32-50(3,4)20-18-44(38)37-10-12-39(51)13-11-37/h5-17,30-31,35-36,40,54H,18-29,32-34H2,1-4H3,(H,52,53,55)/t40-/m1/s1. The molecular weight excluding hydrogens is 890 g/mol. The molecule has 0 saturated carbocycles. The van der Waals surface area contributed by atoms with E-state index in [-0.39, 0.29) is 33.5 Å². The number of piperazine rings is 2. The third-order valence-corrected chi connectivity index (χ3v) is 16.1. The van der Waals surface area contributed by atoms with Gasteiger partial charge in [0, 0.05) is 110 Å². The third kappa shape index (κ3) is 12.0. The maximum atomic E-state index is 13.9. The summed E-state index contributed by atoms with van der Waals surface area (Å²) in [5.74, 6) is 0.783. The predicted octanol–water partition coefficient (Wildman–Crippen LogP) is 9.77. The second kappa shape index (κ2) is 21.0. The summed E-state index contributed by atoms with van der Waals surface area (Å²) >= 11 is 7.92. The van der Waals surface area contributed by atoms with Crippen LogP contribution in [0, 0.1) is 15.5 Å². The van der Waals surface area contributed by atoms with Crippen LogP contribution in [0.5, 0.6) is 0 Å². The van der Waals surface area contributed by atoms with E-state index in [9.17, 15) is 18.5 Å². The highest BCUT2D eigenvalue weighted by Gasteiger charge is 2.30. The van der Waals surface area contributed by atoms with Crippen LogP contribution >= 0.6 is 23.4 Å². The molecule has 350 valence electrons. The number of fused-ring (bicyclic) bond motifs is 1. The Bertz CT molecular complexity index is 2620. The molecule has 2 saturated heterocycles. The molecule has 13 nitrogen and oxygen atoms in total. The van der Waals surface area contributed by atoms with Crippen molar-refractivity contribution in [3.05, 3.63) is 124 Å². The highest BCUT2D eigenvalue weighted by atomic mass is 35.5. The number of nitro groups is 1. The first-order valence-corrected chi connectivity index (χ1v) is 26.0.